The molecular weight excluding hydrogens is 494 g/mol. The monoisotopic (exact) mass is 520 g/mol. The summed E-state index contributed by atoms with van der Waals surface area (Å²) < 4.78 is 51.5. The number of carbonyl (C=O) groups excluding carboxylic acids is 1. The lowest BCUT2D eigenvalue weighted by Crippen LogP contribution is -2.28. The molecule has 0 saturated heterocycles. The molecule has 0 amide bonds. The summed E-state index contributed by atoms with van der Waals surface area (Å²) >= 11 is 0. The number of nitrogens with two attached hydrogens (primary N) is 1. The summed E-state index contributed by atoms with van der Waals surface area (Å²) in [6, 6.07) is 8.37. The number of benzene rings is 1. The summed E-state index contributed by atoms with van der Waals surface area (Å²) in [5, 5.41) is 2.59. The third-order valence-electron chi connectivity index (χ3n) is 4.88. The van der Waals surface area contributed by atoms with Gasteiger partial charge in [0.2, 0.25) is 0 Å². The number of rotatable bonds is 11. The lowest BCUT2D eigenvalue weighted by atomic mass is 10.2. The fraction of sp³-hybridized carbons (Fsp3) is 0.364. The van der Waals surface area contributed by atoms with E-state index in [4.69, 9.17) is 24.5 Å². The van der Waals surface area contributed by atoms with Crippen LogP contribution in [0.3, 0.4) is 0 Å². The molecule has 0 radical (unpaired) electrons. The van der Waals surface area contributed by atoms with Crippen molar-refractivity contribution >= 4 is 30.5 Å². The molecule has 1 aliphatic heterocycles. The van der Waals surface area contributed by atoms with Crippen molar-refractivity contribution in [3.63, 3.8) is 0 Å². The maximum atomic E-state index is 14.8. The summed E-state index contributed by atoms with van der Waals surface area (Å²) in [6.07, 6.45) is 0.696. The third kappa shape index (κ3) is 6.24. The standard InChI is InChI=1S/C22H26FN6O6P/c1-14(2)10-32-17(30)9-28-36(31,35-15-6-4-3-5-7-15)13-33-18-8-16(23)22(34-18)29-12-27-19-20(24)25-11-26-21(19)29/h3-8,11-12,14,18,22H,9-10,13H2,1-2H3,(H,28,31)(H2,24,25,26)/t18-,22+,36?/m0/s1. The molecule has 14 heteroatoms. The predicted molar refractivity (Wildman–Crippen MR) is 127 cm³/mol. The highest BCUT2D eigenvalue weighted by atomic mass is 31.2. The Morgan fingerprint density at radius 2 is 2.06 bits per heavy atom. The molecule has 12 nitrogen and oxygen atoms in total. The smallest absolute Gasteiger partial charge is 0.342 e. The second kappa shape index (κ2) is 11.1. The van der Waals surface area contributed by atoms with Gasteiger partial charge in [0.25, 0.3) is 0 Å². The van der Waals surface area contributed by atoms with E-state index >= 15 is 0 Å². The average Bonchev–Trinajstić information content (AvgIpc) is 3.44. The van der Waals surface area contributed by atoms with E-state index in [1.165, 1.54) is 17.2 Å². The summed E-state index contributed by atoms with van der Waals surface area (Å²) in [7, 11) is -3.80. The Kier molecular flexibility index (Phi) is 7.94. The number of hydrogen-bond donors (Lipinski definition) is 2. The summed E-state index contributed by atoms with van der Waals surface area (Å²) in [5.41, 5.74) is 6.36. The van der Waals surface area contributed by atoms with E-state index in [9.17, 15) is 13.8 Å². The van der Waals surface area contributed by atoms with Crippen molar-refractivity contribution in [2.45, 2.75) is 26.4 Å². The molecule has 0 spiro atoms. The molecule has 1 aromatic carbocycles. The highest BCUT2D eigenvalue weighted by Gasteiger charge is 2.34. The number of carbonyl (C=O) groups is 1. The van der Waals surface area contributed by atoms with Gasteiger partial charge in [-0.25, -0.2) is 24.4 Å². The maximum absolute atomic E-state index is 14.8. The molecule has 3 heterocycles. The van der Waals surface area contributed by atoms with Gasteiger partial charge in [0.1, 0.15) is 24.1 Å². The fourth-order valence-electron chi connectivity index (χ4n) is 3.19. The van der Waals surface area contributed by atoms with Gasteiger partial charge >= 0.3 is 13.5 Å². The van der Waals surface area contributed by atoms with Crippen LogP contribution in [-0.2, 0) is 23.6 Å². The van der Waals surface area contributed by atoms with Crippen LogP contribution in [0.5, 0.6) is 5.75 Å². The second-order valence-electron chi connectivity index (χ2n) is 8.28. The van der Waals surface area contributed by atoms with Crippen LogP contribution in [0.25, 0.3) is 11.2 Å². The van der Waals surface area contributed by atoms with Gasteiger partial charge in [-0.2, -0.15) is 0 Å². The van der Waals surface area contributed by atoms with Gasteiger partial charge in [-0.05, 0) is 18.1 Å². The maximum Gasteiger partial charge on any atom is 0.342 e. The minimum absolute atomic E-state index is 0.144. The van der Waals surface area contributed by atoms with Crippen LogP contribution in [0.15, 0.2) is 54.9 Å². The van der Waals surface area contributed by atoms with E-state index in [1.807, 2.05) is 13.8 Å². The minimum atomic E-state index is -3.80. The molecule has 0 saturated carbocycles. The van der Waals surface area contributed by atoms with E-state index in [-0.39, 0.29) is 30.5 Å². The zero-order valence-electron chi connectivity index (χ0n) is 19.6. The third-order valence-corrected chi connectivity index (χ3v) is 6.52. The average molecular weight is 520 g/mol. The van der Waals surface area contributed by atoms with Crippen molar-refractivity contribution in [1.29, 1.82) is 0 Å². The highest BCUT2D eigenvalue weighted by molar-refractivity contribution is 7.57. The van der Waals surface area contributed by atoms with E-state index in [1.54, 1.807) is 30.3 Å². The summed E-state index contributed by atoms with van der Waals surface area (Å²) in [5.74, 6) is -0.681. The van der Waals surface area contributed by atoms with Gasteiger partial charge in [0, 0.05) is 6.08 Å². The molecule has 0 bridgehead atoms. The molecule has 2 aromatic heterocycles. The van der Waals surface area contributed by atoms with Crippen molar-refractivity contribution in [2.75, 3.05) is 25.2 Å². The normalized spacial score (nSPS) is 19.3. The molecule has 3 aromatic rings. The first kappa shape index (κ1) is 25.7. The number of nitrogens with one attached hydrogen (secondary N) is 1. The number of nitrogen functional groups attached to an aromatic ring is 1. The second-order valence-corrected chi connectivity index (χ2v) is 10.4. The molecule has 3 N–H and O–H groups in total. The van der Waals surface area contributed by atoms with Gasteiger partial charge in [-0.1, -0.05) is 32.0 Å². The quantitative estimate of drug-likeness (QED) is 0.283. The van der Waals surface area contributed by atoms with Crippen LogP contribution in [-0.4, -0.2) is 51.3 Å². The van der Waals surface area contributed by atoms with Crippen molar-refractivity contribution in [2.24, 2.45) is 5.92 Å². The SMILES string of the molecule is CC(C)COC(=O)CNP(=O)(CO[C@@H]1C=C(F)[C@H](n2cnc3c(N)ncnc32)O1)Oc1ccccc1. The Morgan fingerprint density at radius 1 is 1.28 bits per heavy atom. The van der Waals surface area contributed by atoms with Gasteiger partial charge in [0.15, 0.2) is 36.2 Å². The Hall–Kier alpha value is -3.38. The first-order valence-electron chi connectivity index (χ1n) is 11.1. The van der Waals surface area contributed by atoms with Gasteiger partial charge in [-0.3, -0.25) is 13.9 Å². The van der Waals surface area contributed by atoms with Crippen LogP contribution >= 0.6 is 7.52 Å². The Bertz CT molecular complexity index is 1290. The minimum Gasteiger partial charge on any atom is -0.464 e. The summed E-state index contributed by atoms with van der Waals surface area (Å²) in [4.78, 5) is 24.1. The van der Waals surface area contributed by atoms with Gasteiger partial charge in [-0.15, -0.1) is 0 Å². The summed E-state index contributed by atoms with van der Waals surface area (Å²) in [6.45, 7) is 3.64. The largest absolute Gasteiger partial charge is 0.464 e. The van der Waals surface area contributed by atoms with Crippen LogP contribution in [0.4, 0.5) is 10.2 Å². The van der Waals surface area contributed by atoms with Crippen molar-refractivity contribution in [3.8, 4) is 5.75 Å². The van der Waals surface area contributed by atoms with E-state index in [0.29, 0.717) is 11.3 Å². The number of anilines is 1. The first-order chi connectivity index (χ1) is 17.2. The van der Waals surface area contributed by atoms with Crippen LogP contribution in [0.1, 0.15) is 20.1 Å². The number of imidazole rings is 1. The molecule has 3 atom stereocenters. The van der Waals surface area contributed by atoms with E-state index in [0.717, 1.165) is 6.08 Å². The zero-order chi connectivity index (χ0) is 25.7. The van der Waals surface area contributed by atoms with Crippen molar-refractivity contribution in [1.82, 2.24) is 24.6 Å². The number of hydrogen-bond acceptors (Lipinski definition) is 10. The number of para-hydroxylation sites is 1. The van der Waals surface area contributed by atoms with Crippen LogP contribution in [0.2, 0.25) is 0 Å². The van der Waals surface area contributed by atoms with Crippen LogP contribution < -0.4 is 15.3 Å². The lowest BCUT2D eigenvalue weighted by Gasteiger charge is -2.22. The van der Waals surface area contributed by atoms with E-state index < -0.39 is 38.2 Å². The molecule has 1 aliphatic rings. The fourth-order valence-corrected chi connectivity index (χ4v) is 4.58. The molecule has 0 aliphatic carbocycles. The van der Waals surface area contributed by atoms with E-state index in [2.05, 4.69) is 20.0 Å². The number of halogens is 1. The number of esters is 1. The first-order valence-corrected chi connectivity index (χ1v) is 12.9. The number of fused-ring (bicyclic) bond motifs is 1. The van der Waals surface area contributed by atoms with Crippen LogP contribution in [0, 0.1) is 5.92 Å². The topological polar surface area (TPSA) is 153 Å². The number of nitrogens with zero attached hydrogens (tertiary/aromatic N) is 4. The predicted octanol–water partition coefficient (Wildman–Crippen LogP) is 3.15. The zero-order valence-corrected chi connectivity index (χ0v) is 20.5. The van der Waals surface area contributed by atoms with Crippen molar-refractivity contribution in [3.05, 3.63) is 54.9 Å². The molecule has 36 heavy (non-hydrogen) atoms. The molecular formula is C22H26FN6O6P. The Labute approximate surface area is 206 Å². The lowest BCUT2D eigenvalue weighted by molar-refractivity contribution is -0.143. The van der Waals surface area contributed by atoms with Crippen molar-refractivity contribution < 1.29 is 32.5 Å². The molecule has 0 fully saturated rings. The number of ether oxygens (including phenoxy) is 3. The molecule has 4 rings (SSSR count). The highest BCUT2D eigenvalue weighted by Crippen LogP contribution is 2.44. The number of aromatic nitrogens is 4. The molecule has 192 valence electrons. The Balaban J connectivity index is 1.42. The van der Waals surface area contributed by atoms with Gasteiger partial charge in [0.05, 0.1) is 12.9 Å². The molecule has 1 unspecified atom stereocenters. The van der Waals surface area contributed by atoms with Gasteiger partial charge < -0.3 is 24.5 Å². The Morgan fingerprint density at radius 3 is 2.81 bits per heavy atom.